The van der Waals surface area contributed by atoms with Crippen molar-refractivity contribution in [2.75, 3.05) is 25.0 Å². The zero-order valence-electron chi connectivity index (χ0n) is 18.4. The second-order valence-electron chi connectivity index (χ2n) is 8.70. The number of hydrazine groups is 1. The van der Waals surface area contributed by atoms with Crippen molar-refractivity contribution >= 4 is 17.6 Å². The molecule has 0 aliphatic carbocycles. The third-order valence-corrected chi connectivity index (χ3v) is 6.41. The van der Waals surface area contributed by atoms with E-state index in [-0.39, 0.29) is 17.9 Å². The Labute approximate surface area is 184 Å². The number of carbonyl (C=O) groups is 2. The van der Waals surface area contributed by atoms with Crippen molar-refractivity contribution in [3.05, 3.63) is 65.2 Å². The molecule has 2 N–H and O–H groups in total. The van der Waals surface area contributed by atoms with Gasteiger partial charge in [0.05, 0.1) is 18.5 Å². The largest absolute Gasteiger partial charge is 0.338 e. The second kappa shape index (κ2) is 9.52. The quantitative estimate of drug-likeness (QED) is 0.763. The number of rotatable bonds is 3. The van der Waals surface area contributed by atoms with Gasteiger partial charge < -0.3 is 5.32 Å². The number of anilines is 1. The molecule has 2 unspecified atom stereocenters. The average Bonchev–Trinajstić information content (AvgIpc) is 3.09. The first-order valence-corrected chi connectivity index (χ1v) is 11.3. The number of fused-ring (bicyclic) bond motifs is 1. The summed E-state index contributed by atoms with van der Waals surface area (Å²) in [6.45, 7) is 6.39. The van der Waals surface area contributed by atoms with Gasteiger partial charge in [-0.1, -0.05) is 49.2 Å². The second-order valence-corrected chi connectivity index (χ2v) is 8.70. The standard InChI is InChI=1S/C25H32N4O2/c1-18-10-9-11-20(16-18)26-25(31)27-29-17-23(28-14-7-3-4-8-15-28)22-13-6-5-12-21(22)19(2)24(29)30/h5-6,9-13,16,19,23H,3-4,7-8,14-15,17H2,1-2H3,(H2,26,27,31). The van der Waals surface area contributed by atoms with Gasteiger partial charge in [-0.15, -0.1) is 0 Å². The van der Waals surface area contributed by atoms with Crippen molar-refractivity contribution in [3.63, 3.8) is 0 Å². The number of urea groups is 1. The Kier molecular flexibility index (Phi) is 6.56. The Morgan fingerprint density at radius 2 is 1.68 bits per heavy atom. The summed E-state index contributed by atoms with van der Waals surface area (Å²) >= 11 is 0. The van der Waals surface area contributed by atoms with Crippen LogP contribution in [0.1, 0.15) is 61.3 Å². The van der Waals surface area contributed by atoms with Crippen LogP contribution in [0.25, 0.3) is 0 Å². The molecule has 1 saturated heterocycles. The maximum atomic E-state index is 13.3. The molecular formula is C25H32N4O2. The van der Waals surface area contributed by atoms with Crippen LogP contribution in [0.5, 0.6) is 0 Å². The van der Waals surface area contributed by atoms with Crippen LogP contribution in [0, 0.1) is 6.92 Å². The highest BCUT2D eigenvalue weighted by Crippen LogP contribution is 2.35. The van der Waals surface area contributed by atoms with Crippen molar-refractivity contribution in [2.24, 2.45) is 0 Å². The molecule has 31 heavy (non-hydrogen) atoms. The van der Waals surface area contributed by atoms with E-state index in [1.54, 1.807) is 0 Å². The zero-order chi connectivity index (χ0) is 21.8. The Bertz CT molecular complexity index is 937. The molecule has 4 rings (SSSR count). The first-order chi connectivity index (χ1) is 15.0. The van der Waals surface area contributed by atoms with Gasteiger partial charge in [-0.3, -0.25) is 14.7 Å². The molecule has 0 saturated carbocycles. The van der Waals surface area contributed by atoms with E-state index in [1.807, 2.05) is 50.2 Å². The zero-order valence-corrected chi connectivity index (χ0v) is 18.4. The number of hydrogen-bond donors (Lipinski definition) is 2. The van der Waals surface area contributed by atoms with Crippen LogP contribution in [0.3, 0.4) is 0 Å². The van der Waals surface area contributed by atoms with Crippen molar-refractivity contribution in [3.8, 4) is 0 Å². The van der Waals surface area contributed by atoms with Crippen LogP contribution >= 0.6 is 0 Å². The van der Waals surface area contributed by atoms with Gasteiger partial charge in [0.1, 0.15) is 0 Å². The highest BCUT2D eigenvalue weighted by molar-refractivity contribution is 5.92. The Morgan fingerprint density at radius 3 is 2.39 bits per heavy atom. The number of amides is 3. The van der Waals surface area contributed by atoms with Gasteiger partial charge in [0, 0.05) is 5.69 Å². The van der Waals surface area contributed by atoms with Gasteiger partial charge in [0.15, 0.2) is 0 Å². The molecule has 6 nitrogen and oxygen atoms in total. The number of likely N-dealkylation sites (tertiary alicyclic amines) is 1. The minimum atomic E-state index is -0.397. The van der Waals surface area contributed by atoms with Gasteiger partial charge in [-0.25, -0.2) is 10.2 Å². The predicted molar refractivity (Wildman–Crippen MR) is 123 cm³/mol. The minimum absolute atomic E-state index is 0.0717. The SMILES string of the molecule is Cc1cccc(NC(=O)NN2CC(N3CCCCCC3)c3ccccc3C(C)C2=O)c1. The summed E-state index contributed by atoms with van der Waals surface area (Å²) in [6.07, 6.45) is 4.84. The first kappa shape index (κ1) is 21.4. The van der Waals surface area contributed by atoms with Crippen molar-refractivity contribution in [2.45, 2.75) is 51.5 Å². The first-order valence-electron chi connectivity index (χ1n) is 11.3. The normalized spacial score (nSPS) is 22.3. The molecule has 0 spiro atoms. The molecule has 6 heteroatoms. The predicted octanol–water partition coefficient (Wildman–Crippen LogP) is 4.59. The van der Waals surface area contributed by atoms with Crippen LogP contribution in [-0.4, -0.2) is 41.5 Å². The van der Waals surface area contributed by atoms with Crippen LogP contribution in [-0.2, 0) is 4.79 Å². The maximum absolute atomic E-state index is 13.3. The summed E-state index contributed by atoms with van der Waals surface area (Å²) in [6, 6.07) is 15.5. The number of hydrogen-bond acceptors (Lipinski definition) is 3. The number of carbonyl (C=O) groups excluding carboxylic acids is 2. The minimum Gasteiger partial charge on any atom is -0.307 e. The number of nitrogens with zero attached hydrogens (tertiary/aromatic N) is 2. The van der Waals surface area contributed by atoms with Crippen LogP contribution in [0.2, 0.25) is 0 Å². The molecule has 1 fully saturated rings. The summed E-state index contributed by atoms with van der Waals surface area (Å²) in [5, 5.41) is 4.37. The molecule has 2 aromatic carbocycles. The van der Waals surface area contributed by atoms with E-state index in [1.165, 1.54) is 36.3 Å². The molecule has 2 heterocycles. The molecule has 164 valence electrons. The van der Waals surface area contributed by atoms with E-state index < -0.39 is 6.03 Å². The number of aryl methyl sites for hydroxylation is 1. The number of nitrogens with one attached hydrogen (secondary N) is 2. The average molecular weight is 421 g/mol. The fourth-order valence-electron chi connectivity index (χ4n) is 4.76. The van der Waals surface area contributed by atoms with Crippen LogP contribution < -0.4 is 10.7 Å². The maximum Gasteiger partial charge on any atom is 0.338 e. The van der Waals surface area contributed by atoms with Crippen LogP contribution in [0.4, 0.5) is 10.5 Å². The summed E-state index contributed by atoms with van der Waals surface area (Å²) in [4.78, 5) is 28.5. The monoisotopic (exact) mass is 420 g/mol. The van der Waals surface area contributed by atoms with E-state index in [2.05, 4.69) is 27.8 Å². The lowest BCUT2D eigenvalue weighted by atomic mass is 9.92. The molecule has 2 aliphatic heterocycles. The lowest BCUT2D eigenvalue weighted by molar-refractivity contribution is -0.135. The third-order valence-electron chi connectivity index (χ3n) is 6.41. The number of benzene rings is 2. The highest BCUT2D eigenvalue weighted by atomic mass is 16.2. The lowest BCUT2D eigenvalue weighted by Crippen LogP contribution is -2.51. The smallest absolute Gasteiger partial charge is 0.307 e. The van der Waals surface area contributed by atoms with Gasteiger partial charge in [-0.05, 0) is 68.6 Å². The topological polar surface area (TPSA) is 64.7 Å². The molecule has 0 radical (unpaired) electrons. The lowest BCUT2D eigenvalue weighted by Gasteiger charge is -2.34. The van der Waals surface area contributed by atoms with E-state index >= 15 is 0 Å². The van der Waals surface area contributed by atoms with Crippen molar-refractivity contribution in [1.82, 2.24) is 15.3 Å². The van der Waals surface area contributed by atoms with Gasteiger partial charge in [-0.2, -0.15) is 0 Å². The molecule has 0 bridgehead atoms. The summed E-state index contributed by atoms with van der Waals surface area (Å²) in [5.74, 6) is -0.392. The van der Waals surface area contributed by atoms with Gasteiger partial charge >= 0.3 is 6.03 Å². The van der Waals surface area contributed by atoms with E-state index in [0.717, 1.165) is 24.2 Å². The van der Waals surface area contributed by atoms with E-state index in [4.69, 9.17) is 0 Å². The van der Waals surface area contributed by atoms with E-state index in [0.29, 0.717) is 12.2 Å². The fraction of sp³-hybridized carbons (Fsp3) is 0.440. The summed E-state index contributed by atoms with van der Waals surface area (Å²) in [7, 11) is 0. The molecular weight excluding hydrogens is 388 g/mol. The van der Waals surface area contributed by atoms with Crippen molar-refractivity contribution < 1.29 is 9.59 Å². The Hall–Kier alpha value is -2.86. The summed E-state index contributed by atoms with van der Waals surface area (Å²) in [5.41, 5.74) is 6.87. The van der Waals surface area contributed by atoms with Crippen LogP contribution in [0.15, 0.2) is 48.5 Å². The fourth-order valence-corrected chi connectivity index (χ4v) is 4.76. The molecule has 2 aromatic rings. The van der Waals surface area contributed by atoms with Gasteiger partial charge in [0.2, 0.25) is 5.91 Å². The Balaban J connectivity index is 1.58. The Morgan fingerprint density at radius 1 is 0.968 bits per heavy atom. The highest BCUT2D eigenvalue weighted by Gasteiger charge is 2.36. The van der Waals surface area contributed by atoms with E-state index in [9.17, 15) is 9.59 Å². The van der Waals surface area contributed by atoms with Crippen molar-refractivity contribution in [1.29, 1.82) is 0 Å². The molecule has 0 aromatic heterocycles. The van der Waals surface area contributed by atoms with Gasteiger partial charge in [0.25, 0.3) is 0 Å². The molecule has 2 aliphatic rings. The molecule has 2 atom stereocenters. The summed E-state index contributed by atoms with van der Waals surface area (Å²) < 4.78 is 0. The molecule has 3 amide bonds. The third kappa shape index (κ3) is 4.90.